The summed E-state index contributed by atoms with van der Waals surface area (Å²) in [6.07, 6.45) is 2.53. The van der Waals surface area contributed by atoms with E-state index < -0.39 is 0 Å². The van der Waals surface area contributed by atoms with Crippen LogP contribution in [0.4, 0.5) is 0 Å². The summed E-state index contributed by atoms with van der Waals surface area (Å²) in [6.45, 7) is 3.74. The number of ether oxygens (including phenoxy) is 1. The van der Waals surface area contributed by atoms with E-state index in [-0.39, 0.29) is 0 Å². The maximum Gasteiger partial charge on any atom is 0.0562 e. The highest BCUT2D eigenvalue weighted by atomic mass is 79.9. The third kappa shape index (κ3) is 2.01. The van der Waals surface area contributed by atoms with E-state index in [1.807, 2.05) is 0 Å². The summed E-state index contributed by atoms with van der Waals surface area (Å²) in [4.78, 5) is 0. The summed E-state index contributed by atoms with van der Waals surface area (Å²) in [6, 6.07) is 8.59. The number of hydrogen-bond donors (Lipinski definition) is 0. The summed E-state index contributed by atoms with van der Waals surface area (Å²) >= 11 is 3.51. The summed E-state index contributed by atoms with van der Waals surface area (Å²) < 4.78 is 6.70. The van der Waals surface area contributed by atoms with Gasteiger partial charge in [0.15, 0.2) is 0 Å². The highest BCUT2D eigenvalue weighted by Gasteiger charge is 2.44. The Morgan fingerprint density at radius 1 is 1.43 bits per heavy atom. The molecule has 0 saturated heterocycles. The van der Waals surface area contributed by atoms with Crippen molar-refractivity contribution in [1.29, 1.82) is 0 Å². The second kappa shape index (κ2) is 4.03. The average molecular weight is 255 g/mol. The molecule has 1 fully saturated rings. The number of rotatable bonds is 4. The minimum atomic E-state index is 0.333. The highest BCUT2D eigenvalue weighted by Crippen LogP contribution is 2.48. The van der Waals surface area contributed by atoms with Crippen LogP contribution in [0.25, 0.3) is 0 Å². The number of halogens is 1. The van der Waals surface area contributed by atoms with Gasteiger partial charge < -0.3 is 4.74 Å². The monoisotopic (exact) mass is 254 g/mol. The first-order valence-electron chi connectivity index (χ1n) is 5.11. The topological polar surface area (TPSA) is 9.23 Å². The second-order valence-corrected chi connectivity index (χ2v) is 4.84. The van der Waals surface area contributed by atoms with Crippen molar-refractivity contribution < 1.29 is 4.74 Å². The fourth-order valence-corrected chi connectivity index (χ4v) is 2.18. The Hall–Kier alpha value is -0.340. The van der Waals surface area contributed by atoms with Gasteiger partial charge in [0, 0.05) is 16.5 Å². The molecule has 0 aromatic heterocycles. The quantitative estimate of drug-likeness (QED) is 0.799. The molecule has 1 aromatic carbocycles. The predicted octanol–water partition coefficient (Wildman–Crippen LogP) is 3.52. The number of benzene rings is 1. The molecule has 0 unspecified atom stereocenters. The minimum Gasteiger partial charge on any atom is -0.381 e. The van der Waals surface area contributed by atoms with Gasteiger partial charge >= 0.3 is 0 Å². The van der Waals surface area contributed by atoms with Crippen molar-refractivity contribution >= 4 is 15.9 Å². The molecule has 0 atom stereocenters. The molecular weight excluding hydrogens is 240 g/mol. The normalized spacial score (nSPS) is 18.1. The van der Waals surface area contributed by atoms with Gasteiger partial charge in [-0.3, -0.25) is 0 Å². The standard InChI is InChI=1S/C12H15BrO/c1-2-14-9-12(6-7-12)10-4-3-5-11(13)8-10/h3-5,8H,2,6-7,9H2,1H3. The summed E-state index contributed by atoms with van der Waals surface area (Å²) in [7, 11) is 0. The van der Waals surface area contributed by atoms with Crippen LogP contribution in [-0.2, 0) is 10.2 Å². The smallest absolute Gasteiger partial charge is 0.0562 e. The molecule has 0 spiro atoms. The van der Waals surface area contributed by atoms with Crippen LogP contribution < -0.4 is 0 Å². The number of hydrogen-bond acceptors (Lipinski definition) is 1. The Kier molecular flexibility index (Phi) is 2.93. The Bertz CT molecular complexity index is 318. The van der Waals surface area contributed by atoms with Crippen molar-refractivity contribution in [2.24, 2.45) is 0 Å². The molecule has 14 heavy (non-hydrogen) atoms. The van der Waals surface area contributed by atoms with Gasteiger partial charge in [-0.2, -0.15) is 0 Å². The molecule has 0 N–H and O–H groups in total. The lowest BCUT2D eigenvalue weighted by Crippen LogP contribution is -2.15. The molecule has 0 amide bonds. The Morgan fingerprint density at radius 2 is 2.21 bits per heavy atom. The van der Waals surface area contributed by atoms with Crippen molar-refractivity contribution in [3.8, 4) is 0 Å². The van der Waals surface area contributed by atoms with Crippen LogP contribution in [0.3, 0.4) is 0 Å². The van der Waals surface area contributed by atoms with Crippen molar-refractivity contribution in [1.82, 2.24) is 0 Å². The van der Waals surface area contributed by atoms with Crippen LogP contribution in [0.1, 0.15) is 25.3 Å². The van der Waals surface area contributed by atoms with Gasteiger partial charge in [-0.05, 0) is 37.5 Å². The first-order chi connectivity index (χ1) is 6.77. The zero-order chi connectivity index (χ0) is 10.0. The zero-order valence-corrected chi connectivity index (χ0v) is 10.0. The van der Waals surface area contributed by atoms with Gasteiger partial charge in [0.25, 0.3) is 0 Å². The molecular formula is C12H15BrO. The fraction of sp³-hybridized carbons (Fsp3) is 0.500. The SMILES string of the molecule is CCOCC1(c2cccc(Br)c2)CC1. The largest absolute Gasteiger partial charge is 0.381 e. The predicted molar refractivity (Wildman–Crippen MR) is 61.5 cm³/mol. The molecule has 1 aliphatic carbocycles. The average Bonchev–Trinajstić information content (AvgIpc) is 2.96. The Balaban J connectivity index is 2.14. The summed E-state index contributed by atoms with van der Waals surface area (Å²) in [5.41, 5.74) is 1.75. The Morgan fingerprint density at radius 3 is 2.79 bits per heavy atom. The molecule has 0 radical (unpaired) electrons. The zero-order valence-electron chi connectivity index (χ0n) is 8.42. The van der Waals surface area contributed by atoms with Crippen LogP contribution in [0, 0.1) is 0 Å². The van der Waals surface area contributed by atoms with Gasteiger partial charge in [0.05, 0.1) is 6.61 Å². The molecule has 1 aromatic rings. The summed E-state index contributed by atoms with van der Waals surface area (Å²) in [5.74, 6) is 0. The van der Waals surface area contributed by atoms with Crippen LogP contribution >= 0.6 is 15.9 Å². The van der Waals surface area contributed by atoms with E-state index in [0.717, 1.165) is 17.7 Å². The van der Waals surface area contributed by atoms with E-state index in [4.69, 9.17) is 4.74 Å². The molecule has 0 bridgehead atoms. The minimum absolute atomic E-state index is 0.333. The van der Waals surface area contributed by atoms with Gasteiger partial charge in [-0.15, -0.1) is 0 Å². The maximum absolute atomic E-state index is 5.54. The van der Waals surface area contributed by atoms with Crippen LogP contribution in [0.5, 0.6) is 0 Å². The lowest BCUT2D eigenvalue weighted by Gasteiger charge is -2.15. The van der Waals surface area contributed by atoms with E-state index in [0.29, 0.717) is 5.41 Å². The fourth-order valence-electron chi connectivity index (χ4n) is 1.78. The van der Waals surface area contributed by atoms with Gasteiger partial charge in [-0.1, -0.05) is 28.1 Å². The van der Waals surface area contributed by atoms with Crippen LogP contribution in [0.15, 0.2) is 28.7 Å². The molecule has 1 saturated carbocycles. The van der Waals surface area contributed by atoms with Crippen molar-refractivity contribution in [2.45, 2.75) is 25.2 Å². The maximum atomic E-state index is 5.54. The third-order valence-electron chi connectivity index (χ3n) is 2.87. The van der Waals surface area contributed by atoms with E-state index in [9.17, 15) is 0 Å². The highest BCUT2D eigenvalue weighted by molar-refractivity contribution is 9.10. The summed E-state index contributed by atoms with van der Waals surface area (Å²) in [5, 5.41) is 0. The van der Waals surface area contributed by atoms with E-state index in [2.05, 4.69) is 47.1 Å². The molecule has 0 aliphatic heterocycles. The molecule has 2 heteroatoms. The molecule has 76 valence electrons. The van der Waals surface area contributed by atoms with Crippen molar-refractivity contribution in [3.05, 3.63) is 34.3 Å². The molecule has 1 aliphatic rings. The van der Waals surface area contributed by atoms with Crippen molar-refractivity contribution in [2.75, 3.05) is 13.2 Å². The lowest BCUT2D eigenvalue weighted by atomic mass is 9.97. The molecule has 0 heterocycles. The van der Waals surface area contributed by atoms with E-state index in [1.54, 1.807) is 0 Å². The molecule has 1 nitrogen and oxygen atoms in total. The lowest BCUT2D eigenvalue weighted by molar-refractivity contribution is 0.125. The van der Waals surface area contributed by atoms with Crippen molar-refractivity contribution in [3.63, 3.8) is 0 Å². The Labute approximate surface area is 93.6 Å². The third-order valence-corrected chi connectivity index (χ3v) is 3.37. The van der Waals surface area contributed by atoms with Crippen LogP contribution in [0.2, 0.25) is 0 Å². The second-order valence-electron chi connectivity index (χ2n) is 3.93. The van der Waals surface area contributed by atoms with Gasteiger partial charge in [-0.25, -0.2) is 0 Å². The molecule has 2 rings (SSSR count). The first kappa shape index (κ1) is 10.2. The van der Waals surface area contributed by atoms with Crippen LogP contribution in [-0.4, -0.2) is 13.2 Å². The van der Waals surface area contributed by atoms with Gasteiger partial charge in [0.2, 0.25) is 0 Å². The van der Waals surface area contributed by atoms with Gasteiger partial charge in [0.1, 0.15) is 0 Å². The first-order valence-corrected chi connectivity index (χ1v) is 5.90. The van der Waals surface area contributed by atoms with E-state index in [1.165, 1.54) is 18.4 Å². The van der Waals surface area contributed by atoms with E-state index >= 15 is 0 Å².